The van der Waals surface area contributed by atoms with E-state index in [4.69, 9.17) is 20.3 Å². The molecular formula is C29H31N3O4S. The molecule has 0 spiro atoms. The minimum Gasteiger partial charge on any atom is -0.497 e. The van der Waals surface area contributed by atoms with Gasteiger partial charge in [0.25, 0.3) is 5.56 Å². The largest absolute Gasteiger partial charge is 0.497 e. The summed E-state index contributed by atoms with van der Waals surface area (Å²) in [5.74, 6) is 1.87. The van der Waals surface area contributed by atoms with E-state index in [2.05, 4.69) is 0 Å². The maximum Gasteiger partial charge on any atom is 0.275 e. The van der Waals surface area contributed by atoms with Crippen molar-refractivity contribution < 1.29 is 14.3 Å². The second kappa shape index (κ2) is 12.0. The number of benzene rings is 3. The van der Waals surface area contributed by atoms with Crippen LogP contribution in [0.15, 0.2) is 77.6 Å². The molecule has 0 saturated heterocycles. The lowest BCUT2D eigenvalue weighted by Gasteiger charge is -2.18. The number of hydrogen-bond acceptors (Lipinski definition) is 6. The molecule has 1 amide bonds. The lowest BCUT2D eigenvalue weighted by atomic mass is 10.0. The Labute approximate surface area is 220 Å². The van der Waals surface area contributed by atoms with Gasteiger partial charge in [-0.25, -0.2) is 4.68 Å². The Morgan fingerprint density at radius 2 is 1.73 bits per heavy atom. The molecule has 0 radical (unpaired) electrons. The van der Waals surface area contributed by atoms with Gasteiger partial charge in [-0.2, -0.15) is 5.10 Å². The van der Waals surface area contributed by atoms with Crippen LogP contribution in [0.4, 0.5) is 0 Å². The highest BCUT2D eigenvalue weighted by Gasteiger charge is 2.18. The molecular weight excluding hydrogens is 486 g/mol. The molecule has 0 aliphatic carbocycles. The summed E-state index contributed by atoms with van der Waals surface area (Å²) in [6.45, 7) is 4.18. The SMILES string of the molecule is CCSC(Cc1ccc(OCC(C)n2nc(-c3ccccc3)c3cc(OC)ccc3c2=O)cc1)C(N)=O. The average molecular weight is 518 g/mol. The fraction of sp³-hybridized carbons (Fsp3) is 0.276. The quantitative estimate of drug-likeness (QED) is 0.305. The van der Waals surface area contributed by atoms with E-state index < -0.39 is 0 Å². The van der Waals surface area contributed by atoms with Crippen LogP contribution in [0, 0.1) is 0 Å². The van der Waals surface area contributed by atoms with E-state index >= 15 is 0 Å². The number of amides is 1. The minimum absolute atomic E-state index is 0.185. The van der Waals surface area contributed by atoms with Crippen LogP contribution in [0.25, 0.3) is 22.0 Å². The van der Waals surface area contributed by atoms with Crippen LogP contribution in [-0.2, 0) is 11.2 Å². The Balaban J connectivity index is 1.56. The van der Waals surface area contributed by atoms with Crippen molar-refractivity contribution in [2.75, 3.05) is 19.5 Å². The van der Waals surface area contributed by atoms with Crippen LogP contribution in [0.1, 0.15) is 25.5 Å². The van der Waals surface area contributed by atoms with Gasteiger partial charge in [0.2, 0.25) is 5.91 Å². The number of ether oxygens (including phenoxy) is 2. The van der Waals surface area contributed by atoms with E-state index in [1.165, 1.54) is 4.68 Å². The molecule has 7 nitrogen and oxygen atoms in total. The standard InChI is InChI=1S/C29H31N3O4S/c1-4-37-26(28(30)33)16-20-10-12-22(13-11-20)36-18-19(2)32-29(34)24-15-14-23(35-3)17-25(24)27(31-32)21-8-6-5-7-9-21/h5-15,17,19,26H,4,16,18H2,1-3H3,(H2,30,33). The Morgan fingerprint density at radius 3 is 2.38 bits per heavy atom. The first-order valence-electron chi connectivity index (χ1n) is 12.2. The zero-order valence-corrected chi connectivity index (χ0v) is 22.0. The number of nitrogens with two attached hydrogens (primary N) is 1. The molecule has 8 heteroatoms. The smallest absolute Gasteiger partial charge is 0.275 e. The highest BCUT2D eigenvalue weighted by atomic mass is 32.2. The fourth-order valence-electron chi connectivity index (χ4n) is 4.14. The number of hydrogen-bond donors (Lipinski definition) is 1. The third-order valence-corrected chi connectivity index (χ3v) is 7.25. The van der Waals surface area contributed by atoms with Gasteiger partial charge in [0, 0.05) is 10.9 Å². The van der Waals surface area contributed by atoms with Gasteiger partial charge in [-0.15, -0.1) is 11.8 Å². The first-order chi connectivity index (χ1) is 17.9. The van der Waals surface area contributed by atoms with Gasteiger partial charge in [-0.3, -0.25) is 9.59 Å². The van der Waals surface area contributed by atoms with Gasteiger partial charge >= 0.3 is 0 Å². The van der Waals surface area contributed by atoms with Gasteiger partial charge < -0.3 is 15.2 Å². The molecule has 1 heterocycles. The maximum absolute atomic E-state index is 13.4. The van der Waals surface area contributed by atoms with Crippen molar-refractivity contribution in [2.24, 2.45) is 5.73 Å². The zero-order valence-electron chi connectivity index (χ0n) is 21.2. The Morgan fingerprint density at radius 1 is 1.03 bits per heavy atom. The van der Waals surface area contributed by atoms with E-state index in [0.717, 1.165) is 22.3 Å². The number of aromatic nitrogens is 2. The van der Waals surface area contributed by atoms with Gasteiger partial charge in [-0.05, 0) is 55.0 Å². The summed E-state index contributed by atoms with van der Waals surface area (Å²) in [7, 11) is 1.60. The molecule has 3 aromatic carbocycles. The van der Waals surface area contributed by atoms with Crippen molar-refractivity contribution >= 4 is 28.4 Å². The molecule has 2 unspecified atom stereocenters. The van der Waals surface area contributed by atoms with E-state index in [1.54, 1.807) is 31.0 Å². The summed E-state index contributed by atoms with van der Waals surface area (Å²) in [5.41, 5.74) is 7.97. The van der Waals surface area contributed by atoms with Crippen molar-refractivity contribution in [1.82, 2.24) is 9.78 Å². The number of rotatable bonds is 11. The first kappa shape index (κ1) is 26.3. The Bertz CT molecular complexity index is 1420. The van der Waals surface area contributed by atoms with E-state index in [0.29, 0.717) is 29.0 Å². The van der Waals surface area contributed by atoms with Crippen molar-refractivity contribution in [3.8, 4) is 22.8 Å². The third kappa shape index (κ3) is 6.14. The summed E-state index contributed by atoms with van der Waals surface area (Å²) >= 11 is 1.55. The lowest BCUT2D eigenvalue weighted by Crippen LogP contribution is -2.30. The van der Waals surface area contributed by atoms with Gasteiger partial charge in [0.05, 0.1) is 29.5 Å². The van der Waals surface area contributed by atoms with Crippen LogP contribution in [0.3, 0.4) is 0 Å². The van der Waals surface area contributed by atoms with Crippen molar-refractivity contribution in [2.45, 2.75) is 31.6 Å². The normalized spacial score (nSPS) is 12.7. The van der Waals surface area contributed by atoms with E-state index in [-0.39, 0.29) is 29.4 Å². The zero-order chi connectivity index (χ0) is 26.4. The molecule has 0 fully saturated rings. The minimum atomic E-state index is -0.318. The second-order valence-electron chi connectivity index (χ2n) is 8.73. The van der Waals surface area contributed by atoms with Gasteiger partial charge in [0.1, 0.15) is 18.1 Å². The number of nitrogens with zero attached hydrogens (tertiary/aromatic N) is 2. The van der Waals surface area contributed by atoms with Crippen molar-refractivity contribution in [1.29, 1.82) is 0 Å². The molecule has 0 aliphatic rings. The predicted octanol–water partition coefficient (Wildman–Crippen LogP) is 4.86. The van der Waals surface area contributed by atoms with Crippen LogP contribution < -0.4 is 20.8 Å². The van der Waals surface area contributed by atoms with Gasteiger partial charge in [-0.1, -0.05) is 49.4 Å². The topological polar surface area (TPSA) is 96.4 Å². The van der Waals surface area contributed by atoms with Crippen molar-refractivity contribution in [3.05, 3.63) is 88.7 Å². The molecule has 192 valence electrons. The molecule has 37 heavy (non-hydrogen) atoms. The van der Waals surface area contributed by atoms with Crippen LogP contribution in [0.5, 0.6) is 11.5 Å². The Kier molecular flexibility index (Phi) is 8.50. The van der Waals surface area contributed by atoms with Crippen molar-refractivity contribution in [3.63, 3.8) is 0 Å². The number of fused-ring (bicyclic) bond motifs is 1. The fourth-order valence-corrected chi connectivity index (χ4v) is 5.01. The maximum atomic E-state index is 13.4. The monoisotopic (exact) mass is 517 g/mol. The molecule has 4 aromatic rings. The van der Waals surface area contributed by atoms with Crippen LogP contribution in [-0.4, -0.2) is 40.4 Å². The average Bonchev–Trinajstić information content (AvgIpc) is 2.92. The van der Waals surface area contributed by atoms with Crippen LogP contribution >= 0.6 is 11.8 Å². The predicted molar refractivity (Wildman–Crippen MR) is 149 cm³/mol. The number of methoxy groups -OCH3 is 1. The third-order valence-electron chi connectivity index (χ3n) is 6.11. The van der Waals surface area contributed by atoms with E-state index in [9.17, 15) is 9.59 Å². The first-order valence-corrected chi connectivity index (χ1v) is 13.2. The highest BCUT2D eigenvalue weighted by molar-refractivity contribution is 8.00. The number of carbonyl (C=O) groups is 1. The number of thioether (sulfide) groups is 1. The Hall–Kier alpha value is -3.78. The molecule has 0 bridgehead atoms. The van der Waals surface area contributed by atoms with Crippen LogP contribution in [0.2, 0.25) is 0 Å². The molecule has 2 atom stereocenters. The molecule has 0 aliphatic heterocycles. The number of carbonyl (C=O) groups excluding carboxylic acids is 1. The molecule has 0 saturated carbocycles. The molecule has 4 rings (SSSR count). The lowest BCUT2D eigenvalue weighted by molar-refractivity contribution is -0.117. The summed E-state index contributed by atoms with van der Waals surface area (Å²) < 4.78 is 12.9. The molecule has 1 aromatic heterocycles. The molecule has 2 N–H and O–H groups in total. The second-order valence-corrected chi connectivity index (χ2v) is 10.2. The summed E-state index contributed by atoms with van der Waals surface area (Å²) in [6, 6.07) is 22.5. The highest BCUT2D eigenvalue weighted by Crippen LogP contribution is 2.28. The summed E-state index contributed by atoms with van der Waals surface area (Å²) in [6.07, 6.45) is 0.577. The summed E-state index contributed by atoms with van der Waals surface area (Å²) in [4.78, 5) is 25.0. The van der Waals surface area contributed by atoms with E-state index in [1.807, 2.05) is 74.5 Å². The summed E-state index contributed by atoms with van der Waals surface area (Å²) in [5, 5.41) is 5.82. The van der Waals surface area contributed by atoms with Gasteiger partial charge in [0.15, 0.2) is 0 Å². The number of primary amides is 1.